The Bertz CT molecular complexity index is 921. The standard InChI is InChI=1S/C20H18N2O4/c23-20(24)16-5-7-21-12-17(16)22-11-14-6-9-26-19-10-13(3-4-15(14)19)18-2-1-8-25-18/h1-5,7-8,10,12,14,22H,6,9,11H2,(H,23,24). The molecule has 3 aromatic rings. The summed E-state index contributed by atoms with van der Waals surface area (Å²) in [6.45, 7) is 1.24. The highest BCUT2D eigenvalue weighted by molar-refractivity contribution is 5.93. The van der Waals surface area contributed by atoms with Gasteiger partial charge in [0, 0.05) is 24.2 Å². The summed E-state index contributed by atoms with van der Waals surface area (Å²) in [6, 6.07) is 11.3. The Balaban J connectivity index is 1.54. The van der Waals surface area contributed by atoms with Gasteiger partial charge in [0.05, 0.1) is 30.3 Å². The van der Waals surface area contributed by atoms with Crippen LogP contribution in [0.2, 0.25) is 0 Å². The largest absolute Gasteiger partial charge is 0.493 e. The smallest absolute Gasteiger partial charge is 0.337 e. The van der Waals surface area contributed by atoms with E-state index >= 15 is 0 Å². The molecule has 1 unspecified atom stereocenters. The van der Waals surface area contributed by atoms with Crippen molar-refractivity contribution in [1.82, 2.24) is 4.98 Å². The summed E-state index contributed by atoms with van der Waals surface area (Å²) >= 11 is 0. The van der Waals surface area contributed by atoms with Crippen LogP contribution in [0, 0.1) is 0 Å². The lowest BCUT2D eigenvalue weighted by Gasteiger charge is -2.27. The lowest BCUT2D eigenvalue weighted by atomic mass is 9.91. The van der Waals surface area contributed by atoms with Gasteiger partial charge in [0.15, 0.2) is 0 Å². The number of aromatic carboxylic acids is 1. The number of anilines is 1. The Morgan fingerprint density at radius 3 is 3.04 bits per heavy atom. The van der Waals surface area contributed by atoms with Crippen molar-refractivity contribution in [2.45, 2.75) is 12.3 Å². The highest BCUT2D eigenvalue weighted by Crippen LogP contribution is 2.37. The van der Waals surface area contributed by atoms with Gasteiger partial charge in [-0.15, -0.1) is 0 Å². The van der Waals surface area contributed by atoms with Crippen LogP contribution in [0.5, 0.6) is 5.75 Å². The fourth-order valence-corrected chi connectivity index (χ4v) is 3.23. The van der Waals surface area contributed by atoms with E-state index in [1.807, 2.05) is 24.3 Å². The minimum Gasteiger partial charge on any atom is -0.493 e. The van der Waals surface area contributed by atoms with E-state index in [1.54, 1.807) is 12.5 Å². The molecule has 1 aliphatic rings. The zero-order valence-electron chi connectivity index (χ0n) is 14.0. The molecule has 4 rings (SSSR count). The number of nitrogens with zero attached hydrogens (tertiary/aromatic N) is 1. The maximum Gasteiger partial charge on any atom is 0.337 e. The number of pyridine rings is 1. The van der Waals surface area contributed by atoms with Crippen LogP contribution in [0.4, 0.5) is 5.69 Å². The van der Waals surface area contributed by atoms with Crippen molar-refractivity contribution in [2.75, 3.05) is 18.5 Å². The molecule has 0 amide bonds. The first kappa shape index (κ1) is 16.2. The zero-order valence-corrected chi connectivity index (χ0v) is 14.0. The van der Waals surface area contributed by atoms with Gasteiger partial charge in [-0.3, -0.25) is 4.98 Å². The van der Waals surface area contributed by atoms with Gasteiger partial charge < -0.3 is 19.6 Å². The highest BCUT2D eigenvalue weighted by Gasteiger charge is 2.23. The molecule has 0 aliphatic carbocycles. The molecule has 26 heavy (non-hydrogen) atoms. The number of carboxylic acid groups (broad SMARTS) is 1. The third-order valence-electron chi connectivity index (χ3n) is 4.57. The van der Waals surface area contributed by atoms with Crippen LogP contribution in [0.3, 0.4) is 0 Å². The second kappa shape index (κ2) is 6.92. The predicted octanol–water partition coefficient (Wildman–Crippen LogP) is 4.02. The van der Waals surface area contributed by atoms with Crippen molar-refractivity contribution in [1.29, 1.82) is 0 Å². The number of aromatic nitrogens is 1. The van der Waals surface area contributed by atoms with Gasteiger partial charge in [-0.2, -0.15) is 0 Å². The average molecular weight is 350 g/mol. The molecule has 6 heteroatoms. The van der Waals surface area contributed by atoms with E-state index in [-0.39, 0.29) is 11.5 Å². The number of rotatable bonds is 5. The molecular weight excluding hydrogens is 332 g/mol. The topological polar surface area (TPSA) is 84.6 Å². The second-order valence-corrected chi connectivity index (χ2v) is 6.17. The first-order valence-corrected chi connectivity index (χ1v) is 8.44. The van der Waals surface area contributed by atoms with Crippen molar-refractivity contribution < 1.29 is 19.1 Å². The van der Waals surface area contributed by atoms with E-state index in [9.17, 15) is 9.90 Å². The molecule has 0 fully saturated rings. The fourth-order valence-electron chi connectivity index (χ4n) is 3.23. The summed E-state index contributed by atoms with van der Waals surface area (Å²) in [5.74, 6) is 0.913. The molecule has 2 aromatic heterocycles. The van der Waals surface area contributed by atoms with Crippen LogP contribution in [-0.4, -0.2) is 29.2 Å². The van der Waals surface area contributed by atoms with Gasteiger partial charge in [-0.25, -0.2) is 4.79 Å². The summed E-state index contributed by atoms with van der Waals surface area (Å²) in [7, 11) is 0. The summed E-state index contributed by atoms with van der Waals surface area (Å²) in [5, 5.41) is 12.5. The predicted molar refractivity (Wildman–Crippen MR) is 96.7 cm³/mol. The van der Waals surface area contributed by atoms with Crippen LogP contribution >= 0.6 is 0 Å². The van der Waals surface area contributed by atoms with Crippen molar-refractivity contribution in [3.8, 4) is 17.1 Å². The first-order chi connectivity index (χ1) is 12.7. The Labute approximate surface area is 150 Å². The molecule has 1 atom stereocenters. The van der Waals surface area contributed by atoms with E-state index in [0.717, 1.165) is 29.1 Å². The molecule has 132 valence electrons. The monoisotopic (exact) mass is 350 g/mol. The molecule has 0 bridgehead atoms. The first-order valence-electron chi connectivity index (χ1n) is 8.44. The van der Waals surface area contributed by atoms with E-state index in [2.05, 4.69) is 16.4 Å². The molecule has 1 aromatic carbocycles. The summed E-state index contributed by atoms with van der Waals surface area (Å²) < 4.78 is 11.3. The van der Waals surface area contributed by atoms with Crippen LogP contribution in [0.1, 0.15) is 28.3 Å². The molecule has 1 aliphatic heterocycles. The van der Waals surface area contributed by atoms with Crippen molar-refractivity contribution in [2.24, 2.45) is 0 Å². The van der Waals surface area contributed by atoms with E-state index in [1.165, 1.54) is 12.3 Å². The maximum absolute atomic E-state index is 11.3. The number of carbonyl (C=O) groups is 1. The Kier molecular flexibility index (Phi) is 4.31. The van der Waals surface area contributed by atoms with Gasteiger partial charge in [0.25, 0.3) is 0 Å². The van der Waals surface area contributed by atoms with Crippen molar-refractivity contribution in [3.05, 3.63) is 66.2 Å². The number of ether oxygens (including phenoxy) is 1. The minimum atomic E-state index is -0.967. The number of furan rings is 1. The van der Waals surface area contributed by atoms with E-state index in [0.29, 0.717) is 18.8 Å². The van der Waals surface area contributed by atoms with Gasteiger partial charge in [0.2, 0.25) is 0 Å². The Morgan fingerprint density at radius 1 is 1.31 bits per heavy atom. The Morgan fingerprint density at radius 2 is 2.23 bits per heavy atom. The van der Waals surface area contributed by atoms with Gasteiger partial charge in [0.1, 0.15) is 11.5 Å². The Hall–Kier alpha value is -3.28. The van der Waals surface area contributed by atoms with Gasteiger partial charge in [-0.1, -0.05) is 12.1 Å². The van der Waals surface area contributed by atoms with Crippen molar-refractivity contribution >= 4 is 11.7 Å². The van der Waals surface area contributed by atoms with Crippen LogP contribution in [0.15, 0.2) is 59.5 Å². The highest BCUT2D eigenvalue weighted by atomic mass is 16.5. The third kappa shape index (κ3) is 3.13. The lowest BCUT2D eigenvalue weighted by molar-refractivity contribution is 0.0697. The zero-order chi connectivity index (χ0) is 17.9. The maximum atomic E-state index is 11.3. The number of hydrogen-bond acceptors (Lipinski definition) is 5. The van der Waals surface area contributed by atoms with Crippen LogP contribution in [0.25, 0.3) is 11.3 Å². The van der Waals surface area contributed by atoms with Crippen LogP contribution in [-0.2, 0) is 0 Å². The summed E-state index contributed by atoms with van der Waals surface area (Å²) in [4.78, 5) is 15.3. The molecule has 0 spiro atoms. The molecule has 3 heterocycles. The molecule has 2 N–H and O–H groups in total. The molecule has 0 saturated heterocycles. The average Bonchev–Trinajstić information content (AvgIpc) is 3.21. The summed E-state index contributed by atoms with van der Waals surface area (Å²) in [6.07, 6.45) is 5.54. The number of fused-ring (bicyclic) bond motifs is 1. The number of carboxylic acids is 1. The number of hydrogen-bond donors (Lipinski definition) is 2. The molecule has 6 nitrogen and oxygen atoms in total. The minimum absolute atomic E-state index is 0.223. The summed E-state index contributed by atoms with van der Waals surface area (Å²) in [5.41, 5.74) is 2.84. The quantitative estimate of drug-likeness (QED) is 0.723. The van der Waals surface area contributed by atoms with Crippen molar-refractivity contribution in [3.63, 3.8) is 0 Å². The lowest BCUT2D eigenvalue weighted by Crippen LogP contribution is -2.21. The second-order valence-electron chi connectivity index (χ2n) is 6.17. The molecule has 0 saturated carbocycles. The SMILES string of the molecule is O=C(O)c1ccncc1NCC1CCOc2cc(-c3ccco3)ccc21. The van der Waals surface area contributed by atoms with Gasteiger partial charge in [-0.05, 0) is 36.2 Å². The molecule has 0 radical (unpaired) electrons. The number of benzene rings is 1. The van der Waals surface area contributed by atoms with E-state index in [4.69, 9.17) is 9.15 Å². The van der Waals surface area contributed by atoms with E-state index < -0.39 is 5.97 Å². The number of nitrogens with one attached hydrogen (secondary N) is 1. The normalized spacial score (nSPS) is 15.8. The van der Waals surface area contributed by atoms with Gasteiger partial charge >= 0.3 is 5.97 Å². The van der Waals surface area contributed by atoms with Crippen LogP contribution < -0.4 is 10.1 Å². The fraction of sp³-hybridized carbons (Fsp3) is 0.200. The third-order valence-corrected chi connectivity index (χ3v) is 4.57. The molecular formula is C20H18N2O4.